The number of para-hydroxylation sites is 1. The van der Waals surface area contributed by atoms with Crippen LogP contribution in [0.25, 0.3) is 0 Å². The van der Waals surface area contributed by atoms with Crippen LogP contribution in [-0.2, 0) is 0 Å². The third-order valence-corrected chi connectivity index (χ3v) is 1.54. The van der Waals surface area contributed by atoms with Gasteiger partial charge < -0.3 is 11.1 Å². The molecule has 5 N–H and O–H groups in total. The molecule has 2 amide bonds. The highest BCUT2D eigenvalue weighted by Crippen LogP contribution is 2.03. The molecule has 0 saturated carbocycles. The van der Waals surface area contributed by atoms with E-state index in [-0.39, 0.29) is 5.11 Å². The fraction of sp³-hybridized carbons (Fsp3) is 0. The van der Waals surface area contributed by atoms with Gasteiger partial charge in [0.25, 0.3) is 0 Å². The lowest BCUT2D eigenvalue weighted by molar-refractivity contribution is 0.247. The number of amides is 2. The molecule has 0 heterocycles. The summed E-state index contributed by atoms with van der Waals surface area (Å²) in [5.74, 6) is 0. The number of primary amides is 1. The summed E-state index contributed by atoms with van der Waals surface area (Å²) in [5.41, 5.74) is 10.2. The first-order valence-corrected chi connectivity index (χ1v) is 4.27. The number of carbonyl (C=O) groups is 1. The van der Waals surface area contributed by atoms with Gasteiger partial charge in [0.05, 0.1) is 0 Å². The molecule has 0 aliphatic carbocycles. The van der Waals surface area contributed by atoms with Gasteiger partial charge in [-0.2, -0.15) is 0 Å². The maximum atomic E-state index is 10.3. The molecule has 74 valence electrons. The largest absolute Gasteiger partial charge is 0.350 e. The summed E-state index contributed by atoms with van der Waals surface area (Å²) in [6, 6.07) is 8.63. The lowest BCUT2D eigenvalue weighted by Gasteiger charge is -2.09. The predicted molar refractivity (Wildman–Crippen MR) is 58.5 cm³/mol. The van der Waals surface area contributed by atoms with Crippen LogP contribution >= 0.6 is 12.2 Å². The first-order chi connectivity index (χ1) is 6.68. The Labute approximate surface area is 86.6 Å². The molecule has 1 aromatic rings. The molecule has 0 bridgehead atoms. The second-order valence-electron chi connectivity index (χ2n) is 2.43. The number of anilines is 1. The van der Waals surface area contributed by atoms with Crippen molar-refractivity contribution in [2.45, 2.75) is 0 Å². The number of rotatable bonds is 1. The van der Waals surface area contributed by atoms with Crippen LogP contribution in [0.15, 0.2) is 30.3 Å². The summed E-state index contributed by atoms with van der Waals surface area (Å²) in [4.78, 5) is 10.3. The zero-order valence-corrected chi connectivity index (χ0v) is 8.10. The fourth-order valence-corrected chi connectivity index (χ4v) is 0.971. The van der Waals surface area contributed by atoms with E-state index in [2.05, 4.69) is 16.2 Å². The Bertz CT molecular complexity index is 327. The van der Waals surface area contributed by atoms with E-state index in [4.69, 9.17) is 18.0 Å². The third kappa shape index (κ3) is 3.72. The van der Waals surface area contributed by atoms with E-state index in [0.29, 0.717) is 0 Å². The van der Waals surface area contributed by atoms with E-state index in [9.17, 15) is 4.79 Å². The molecule has 1 rings (SSSR count). The lowest BCUT2D eigenvalue weighted by atomic mass is 10.3. The number of nitrogens with one attached hydrogen (secondary N) is 3. The molecule has 0 atom stereocenters. The Morgan fingerprint density at radius 2 is 1.86 bits per heavy atom. The van der Waals surface area contributed by atoms with Gasteiger partial charge in [-0.1, -0.05) is 18.2 Å². The summed E-state index contributed by atoms with van der Waals surface area (Å²) in [5, 5.41) is 3.12. The van der Waals surface area contributed by atoms with Gasteiger partial charge in [0.1, 0.15) is 0 Å². The minimum Gasteiger partial charge on any atom is -0.350 e. The number of benzene rings is 1. The van der Waals surface area contributed by atoms with E-state index in [1.807, 2.05) is 30.3 Å². The highest BCUT2D eigenvalue weighted by atomic mass is 32.1. The van der Waals surface area contributed by atoms with Crippen LogP contribution in [-0.4, -0.2) is 11.1 Å². The van der Waals surface area contributed by atoms with Gasteiger partial charge in [0.2, 0.25) is 0 Å². The maximum absolute atomic E-state index is 10.3. The monoisotopic (exact) mass is 210 g/mol. The molecule has 6 heteroatoms. The van der Waals surface area contributed by atoms with Crippen molar-refractivity contribution < 1.29 is 4.79 Å². The molecule has 14 heavy (non-hydrogen) atoms. The van der Waals surface area contributed by atoms with E-state index in [1.54, 1.807) is 0 Å². The van der Waals surface area contributed by atoms with Crippen LogP contribution in [0.4, 0.5) is 10.5 Å². The molecule has 1 aromatic carbocycles. The van der Waals surface area contributed by atoms with E-state index in [0.717, 1.165) is 5.69 Å². The minimum atomic E-state index is -0.692. The van der Waals surface area contributed by atoms with Gasteiger partial charge in [-0.3, -0.25) is 5.43 Å². The molecule has 5 nitrogen and oxygen atoms in total. The molecule has 0 saturated heterocycles. The van der Waals surface area contributed by atoms with Gasteiger partial charge in [-0.05, 0) is 24.4 Å². The lowest BCUT2D eigenvalue weighted by Crippen LogP contribution is -2.46. The summed E-state index contributed by atoms with van der Waals surface area (Å²) >= 11 is 4.86. The first kappa shape index (κ1) is 10.3. The van der Waals surface area contributed by atoms with Gasteiger partial charge in [0.15, 0.2) is 5.11 Å². The van der Waals surface area contributed by atoms with Crippen LogP contribution in [0.3, 0.4) is 0 Å². The summed E-state index contributed by atoms with van der Waals surface area (Å²) in [7, 11) is 0. The van der Waals surface area contributed by atoms with E-state index >= 15 is 0 Å². The van der Waals surface area contributed by atoms with Gasteiger partial charge >= 0.3 is 6.03 Å². The van der Waals surface area contributed by atoms with Crippen molar-refractivity contribution in [3.63, 3.8) is 0 Å². The molecule has 0 fully saturated rings. The SMILES string of the molecule is NC(=O)NNC(=S)Nc1ccccc1. The Morgan fingerprint density at radius 1 is 1.21 bits per heavy atom. The van der Waals surface area contributed by atoms with Crippen LogP contribution < -0.4 is 21.9 Å². The number of hydrogen-bond donors (Lipinski definition) is 4. The van der Waals surface area contributed by atoms with Crippen LogP contribution in [0.2, 0.25) is 0 Å². The maximum Gasteiger partial charge on any atom is 0.330 e. The second-order valence-corrected chi connectivity index (χ2v) is 2.84. The van der Waals surface area contributed by atoms with Gasteiger partial charge in [0, 0.05) is 5.69 Å². The molecule has 0 radical (unpaired) electrons. The van der Waals surface area contributed by atoms with Crippen molar-refractivity contribution >= 4 is 29.0 Å². The van der Waals surface area contributed by atoms with Gasteiger partial charge in [-0.25, -0.2) is 10.2 Å². The van der Waals surface area contributed by atoms with Gasteiger partial charge in [-0.15, -0.1) is 0 Å². The molecule has 0 aromatic heterocycles. The molecular weight excluding hydrogens is 200 g/mol. The van der Waals surface area contributed by atoms with Crippen LogP contribution in [0.1, 0.15) is 0 Å². The topological polar surface area (TPSA) is 79.2 Å². The van der Waals surface area contributed by atoms with Crippen molar-refractivity contribution in [2.75, 3.05) is 5.32 Å². The molecule has 0 unspecified atom stereocenters. The number of hydrazine groups is 1. The summed E-state index contributed by atoms with van der Waals surface area (Å²) in [6.07, 6.45) is 0. The fourth-order valence-electron chi connectivity index (χ4n) is 0.802. The standard InChI is InChI=1S/C8H10N4OS/c9-7(13)11-12-8(14)10-6-4-2-1-3-5-6/h1-5H,(H3,9,11,13)(H2,10,12,14). The predicted octanol–water partition coefficient (Wildman–Crippen LogP) is 0.556. The molecule has 0 aliphatic rings. The minimum absolute atomic E-state index is 0.273. The second kappa shape index (κ2) is 5.03. The Kier molecular flexibility index (Phi) is 3.69. The smallest absolute Gasteiger partial charge is 0.330 e. The third-order valence-electron chi connectivity index (χ3n) is 1.33. The summed E-state index contributed by atoms with van der Waals surface area (Å²) in [6.45, 7) is 0. The molecular formula is C8H10N4OS. The average molecular weight is 210 g/mol. The normalized spacial score (nSPS) is 8.86. The number of nitrogens with two attached hydrogens (primary N) is 1. The molecule has 0 spiro atoms. The van der Waals surface area contributed by atoms with Crippen LogP contribution in [0.5, 0.6) is 0 Å². The van der Waals surface area contributed by atoms with Crippen LogP contribution in [0, 0.1) is 0 Å². The number of urea groups is 1. The quantitative estimate of drug-likeness (QED) is 0.403. The van der Waals surface area contributed by atoms with Crippen molar-refractivity contribution in [2.24, 2.45) is 5.73 Å². The highest BCUT2D eigenvalue weighted by molar-refractivity contribution is 7.80. The van der Waals surface area contributed by atoms with E-state index < -0.39 is 6.03 Å². The van der Waals surface area contributed by atoms with Crippen molar-refractivity contribution in [1.82, 2.24) is 10.9 Å². The van der Waals surface area contributed by atoms with Crippen molar-refractivity contribution in [3.05, 3.63) is 30.3 Å². The number of carbonyl (C=O) groups excluding carboxylic acids is 1. The number of hydrogen-bond acceptors (Lipinski definition) is 2. The zero-order chi connectivity index (χ0) is 10.4. The Morgan fingerprint density at radius 3 is 2.43 bits per heavy atom. The average Bonchev–Trinajstić information content (AvgIpc) is 2.16. The zero-order valence-electron chi connectivity index (χ0n) is 7.28. The van der Waals surface area contributed by atoms with Crippen molar-refractivity contribution in [1.29, 1.82) is 0 Å². The molecule has 0 aliphatic heterocycles. The Hall–Kier alpha value is -1.82. The Balaban J connectivity index is 2.38. The number of thiocarbonyl (C=S) groups is 1. The van der Waals surface area contributed by atoms with E-state index in [1.165, 1.54) is 0 Å². The van der Waals surface area contributed by atoms with Crippen molar-refractivity contribution in [3.8, 4) is 0 Å². The first-order valence-electron chi connectivity index (χ1n) is 3.86. The highest BCUT2D eigenvalue weighted by Gasteiger charge is 1.96. The summed E-state index contributed by atoms with van der Waals surface area (Å²) < 4.78 is 0.